The number of carbonyl (C=O) groups is 1. The first-order valence-electron chi connectivity index (χ1n) is 13.9. The van der Waals surface area contributed by atoms with Gasteiger partial charge in [0.15, 0.2) is 11.5 Å². The zero-order chi connectivity index (χ0) is 27.3. The molecule has 0 saturated carbocycles. The molecule has 1 aromatic heterocycles. The van der Waals surface area contributed by atoms with Crippen molar-refractivity contribution in [2.45, 2.75) is 52.0 Å². The van der Waals surface area contributed by atoms with Crippen LogP contribution in [-0.4, -0.2) is 35.7 Å². The van der Waals surface area contributed by atoms with Gasteiger partial charge in [0.25, 0.3) is 0 Å². The summed E-state index contributed by atoms with van der Waals surface area (Å²) in [6, 6.07) is 24.4. The van der Waals surface area contributed by atoms with E-state index in [2.05, 4.69) is 40.2 Å². The van der Waals surface area contributed by atoms with E-state index in [-0.39, 0.29) is 5.91 Å². The van der Waals surface area contributed by atoms with Gasteiger partial charge in [0.2, 0.25) is 5.91 Å². The van der Waals surface area contributed by atoms with E-state index in [1.54, 1.807) is 7.11 Å². The summed E-state index contributed by atoms with van der Waals surface area (Å²) in [4.78, 5) is 17.2. The number of imidazole rings is 1. The number of rotatable bonds is 15. The molecule has 0 aliphatic rings. The van der Waals surface area contributed by atoms with Crippen LogP contribution in [0.4, 0.5) is 0 Å². The number of methoxy groups -OCH3 is 1. The minimum Gasteiger partial charge on any atom is -0.493 e. The number of carbonyl (C=O) groups excluding carboxylic acids is 1. The lowest BCUT2D eigenvalue weighted by Crippen LogP contribution is -2.25. The van der Waals surface area contributed by atoms with Crippen LogP contribution in [0.15, 0.2) is 78.9 Å². The Balaban J connectivity index is 1.25. The highest BCUT2D eigenvalue weighted by Crippen LogP contribution is 2.29. The van der Waals surface area contributed by atoms with Gasteiger partial charge in [0.1, 0.15) is 5.82 Å². The molecular weight excluding hydrogens is 486 g/mol. The minimum absolute atomic E-state index is 0.0976. The van der Waals surface area contributed by atoms with Crippen molar-refractivity contribution in [3.8, 4) is 11.5 Å². The van der Waals surface area contributed by atoms with Crippen LogP contribution in [0.2, 0.25) is 0 Å². The smallest absolute Gasteiger partial charge is 0.220 e. The number of amides is 1. The maximum atomic E-state index is 12.3. The molecule has 3 aromatic carbocycles. The van der Waals surface area contributed by atoms with Crippen LogP contribution < -0.4 is 14.8 Å². The van der Waals surface area contributed by atoms with Crippen LogP contribution in [0.1, 0.15) is 49.6 Å². The van der Waals surface area contributed by atoms with E-state index in [0.717, 1.165) is 72.6 Å². The Hall–Kier alpha value is -4.06. The SMILES string of the molecule is C/C=C/c1ccc(OCCCCn2c(CCCNC(=O)CCc3ccccc3)nc3ccccc32)c(OC)c1. The Bertz CT molecular complexity index is 1360. The number of para-hydroxylation sites is 2. The van der Waals surface area contributed by atoms with Gasteiger partial charge in [-0.3, -0.25) is 4.79 Å². The van der Waals surface area contributed by atoms with Gasteiger partial charge < -0.3 is 19.4 Å². The number of aryl methyl sites for hydroxylation is 3. The van der Waals surface area contributed by atoms with E-state index in [0.29, 0.717) is 19.6 Å². The van der Waals surface area contributed by atoms with Gasteiger partial charge in [0.05, 0.1) is 24.8 Å². The van der Waals surface area contributed by atoms with Crippen molar-refractivity contribution in [2.24, 2.45) is 0 Å². The molecule has 0 spiro atoms. The second-order valence-corrected chi connectivity index (χ2v) is 9.57. The molecular formula is C33H39N3O3. The Morgan fingerprint density at radius 3 is 2.59 bits per heavy atom. The molecule has 1 N–H and O–H groups in total. The van der Waals surface area contributed by atoms with E-state index in [1.807, 2.05) is 61.5 Å². The third-order valence-corrected chi connectivity index (χ3v) is 6.70. The predicted molar refractivity (Wildman–Crippen MR) is 158 cm³/mol. The lowest BCUT2D eigenvalue weighted by atomic mass is 10.1. The number of allylic oxidation sites excluding steroid dienone is 1. The number of hydrogen-bond donors (Lipinski definition) is 1. The fraction of sp³-hybridized carbons (Fsp3) is 0.333. The topological polar surface area (TPSA) is 65.4 Å². The van der Waals surface area contributed by atoms with Crippen molar-refractivity contribution >= 4 is 23.0 Å². The quantitative estimate of drug-likeness (QED) is 0.177. The average molecular weight is 526 g/mol. The summed E-state index contributed by atoms with van der Waals surface area (Å²) in [6.45, 7) is 4.15. The van der Waals surface area contributed by atoms with Crippen LogP contribution in [0.3, 0.4) is 0 Å². The van der Waals surface area contributed by atoms with E-state index in [1.165, 1.54) is 5.56 Å². The molecule has 0 radical (unpaired) electrons. The van der Waals surface area contributed by atoms with Crippen molar-refractivity contribution in [1.29, 1.82) is 0 Å². The fourth-order valence-electron chi connectivity index (χ4n) is 4.68. The standard InChI is InChI=1S/C33H39N3O3/c1-3-12-27-18-20-30(31(25-27)38-2)39-24-10-9-23-36-29-16-8-7-15-28(29)35-32(36)17-11-22-34-33(37)21-19-26-13-5-4-6-14-26/h3-8,12-16,18,20,25H,9-11,17,19,21-24H2,1-2H3,(H,34,37)/b12-3+. The summed E-state index contributed by atoms with van der Waals surface area (Å²) in [5.74, 6) is 2.68. The molecule has 204 valence electrons. The lowest BCUT2D eigenvalue weighted by Gasteiger charge is -2.12. The van der Waals surface area contributed by atoms with Crippen LogP contribution in [0.5, 0.6) is 11.5 Å². The fourth-order valence-corrected chi connectivity index (χ4v) is 4.68. The molecule has 1 amide bonds. The maximum absolute atomic E-state index is 12.3. The summed E-state index contributed by atoms with van der Waals surface area (Å²) in [5, 5.41) is 3.07. The van der Waals surface area contributed by atoms with Crippen molar-refractivity contribution < 1.29 is 14.3 Å². The monoisotopic (exact) mass is 525 g/mol. The first kappa shape index (κ1) is 28.0. The van der Waals surface area contributed by atoms with Gasteiger partial charge in [0, 0.05) is 25.9 Å². The second kappa shape index (κ2) is 14.8. The second-order valence-electron chi connectivity index (χ2n) is 9.57. The summed E-state index contributed by atoms with van der Waals surface area (Å²) >= 11 is 0. The van der Waals surface area contributed by atoms with Gasteiger partial charge in [-0.1, -0.05) is 60.7 Å². The van der Waals surface area contributed by atoms with Gasteiger partial charge in [-0.2, -0.15) is 0 Å². The highest BCUT2D eigenvalue weighted by molar-refractivity contribution is 5.76. The van der Waals surface area contributed by atoms with E-state index < -0.39 is 0 Å². The Kier molecular flexibility index (Phi) is 10.6. The van der Waals surface area contributed by atoms with Gasteiger partial charge in [-0.15, -0.1) is 0 Å². The first-order chi connectivity index (χ1) is 19.2. The molecule has 6 heteroatoms. The molecule has 0 saturated heterocycles. The van der Waals surface area contributed by atoms with E-state index >= 15 is 0 Å². The minimum atomic E-state index is 0.0976. The summed E-state index contributed by atoms with van der Waals surface area (Å²) < 4.78 is 13.9. The normalized spacial score (nSPS) is 11.2. The van der Waals surface area contributed by atoms with Crippen molar-refractivity contribution in [3.63, 3.8) is 0 Å². The number of benzene rings is 3. The number of aromatic nitrogens is 2. The average Bonchev–Trinajstić information content (AvgIpc) is 3.32. The molecule has 4 aromatic rings. The highest BCUT2D eigenvalue weighted by Gasteiger charge is 2.11. The lowest BCUT2D eigenvalue weighted by molar-refractivity contribution is -0.121. The van der Waals surface area contributed by atoms with Crippen LogP contribution >= 0.6 is 0 Å². The van der Waals surface area contributed by atoms with Crippen molar-refractivity contribution in [1.82, 2.24) is 14.9 Å². The third-order valence-electron chi connectivity index (χ3n) is 6.70. The Labute approximate surface area is 231 Å². The van der Waals surface area contributed by atoms with Crippen LogP contribution in [0.25, 0.3) is 17.1 Å². The molecule has 1 heterocycles. The molecule has 0 aliphatic carbocycles. The predicted octanol–water partition coefficient (Wildman–Crippen LogP) is 6.62. The number of fused-ring (bicyclic) bond motifs is 1. The number of hydrogen-bond acceptors (Lipinski definition) is 4. The van der Waals surface area contributed by atoms with E-state index in [9.17, 15) is 4.79 Å². The molecule has 0 aliphatic heterocycles. The van der Waals surface area contributed by atoms with Gasteiger partial charge in [-0.05, 0) is 68.0 Å². The van der Waals surface area contributed by atoms with Crippen LogP contribution in [0, 0.1) is 0 Å². The summed E-state index contributed by atoms with van der Waals surface area (Å²) in [6.07, 6.45) is 8.89. The molecule has 39 heavy (non-hydrogen) atoms. The maximum Gasteiger partial charge on any atom is 0.220 e. The summed E-state index contributed by atoms with van der Waals surface area (Å²) in [7, 11) is 1.67. The molecule has 6 nitrogen and oxygen atoms in total. The van der Waals surface area contributed by atoms with E-state index in [4.69, 9.17) is 14.5 Å². The highest BCUT2D eigenvalue weighted by atomic mass is 16.5. The number of ether oxygens (including phenoxy) is 2. The number of nitrogens with zero attached hydrogens (tertiary/aromatic N) is 2. The Morgan fingerprint density at radius 2 is 1.77 bits per heavy atom. The number of unbranched alkanes of at least 4 members (excludes halogenated alkanes) is 1. The molecule has 0 fully saturated rings. The van der Waals surface area contributed by atoms with Crippen molar-refractivity contribution in [2.75, 3.05) is 20.3 Å². The van der Waals surface area contributed by atoms with Gasteiger partial charge >= 0.3 is 0 Å². The number of nitrogens with one attached hydrogen (secondary N) is 1. The van der Waals surface area contributed by atoms with Crippen LogP contribution in [-0.2, 0) is 24.2 Å². The first-order valence-corrected chi connectivity index (χ1v) is 13.9. The third kappa shape index (κ3) is 8.21. The zero-order valence-corrected chi connectivity index (χ0v) is 23.1. The molecule has 0 bridgehead atoms. The molecule has 0 unspecified atom stereocenters. The largest absolute Gasteiger partial charge is 0.493 e. The molecule has 0 atom stereocenters. The molecule has 4 rings (SSSR count). The van der Waals surface area contributed by atoms with Gasteiger partial charge in [-0.25, -0.2) is 4.98 Å². The van der Waals surface area contributed by atoms with Crippen molar-refractivity contribution in [3.05, 3.63) is 95.8 Å². The zero-order valence-electron chi connectivity index (χ0n) is 23.1. The summed E-state index contributed by atoms with van der Waals surface area (Å²) in [5.41, 5.74) is 4.45. The Morgan fingerprint density at radius 1 is 0.949 bits per heavy atom.